The molecule has 30 heavy (non-hydrogen) atoms. The van der Waals surface area contributed by atoms with Crippen LogP contribution in [0.3, 0.4) is 0 Å². The molecule has 0 amide bonds. The number of hydrogen-bond acceptors (Lipinski definition) is 8. The van der Waals surface area contributed by atoms with Crippen molar-refractivity contribution in [3.8, 4) is 0 Å². The Kier molecular flexibility index (Phi) is 6.55. The molecule has 0 aromatic rings. The van der Waals surface area contributed by atoms with E-state index in [1.54, 1.807) is 0 Å². The van der Waals surface area contributed by atoms with E-state index in [4.69, 9.17) is 4.74 Å². The summed E-state index contributed by atoms with van der Waals surface area (Å²) in [5, 5.41) is 3.02. The van der Waals surface area contributed by atoms with Crippen molar-refractivity contribution < 1.29 is 27.5 Å². The fraction of sp³-hybridized carbons (Fsp3) is 0.900. The van der Waals surface area contributed by atoms with Crippen LogP contribution in [-0.4, -0.2) is 73.9 Å². The summed E-state index contributed by atoms with van der Waals surface area (Å²) in [7, 11) is -2.16. The minimum atomic E-state index is -3.47. The number of carbonyl (C=O) groups is 2. The van der Waals surface area contributed by atoms with Crippen LogP contribution >= 0.6 is 11.8 Å². The SMILES string of the molecule is CCN(CC)S(=O)(=O)C[C@@]12CC[C@H](C[C@H]1OC(=O)[C@]1(SCC(=O)OC)CN1)C2(C)C. The Morgan fingerprint density at radius 1 is 1.23 bits per heavy atom. The highest BCUT2D eigenvalue weighted by molar-refractivity contribution is 8.02. The van der Waals surface area contributed by atoms with Gasteiger partial charge >= 0.3 is 11.9 Å². The number of carbonyl (C=O) groups excluding carboxylic acids is 2. The molecular weight excluding hydrogens is 428 g/mol. The predicted molar refractivity (Wildman–Crippen MR) is 115 cm³/mol. The van der Waals surface area contributed by atoms with Crippen LogP contribution in [-0.2, 0) is 29.1 Å². The van der Waals surface area contributed by atoms with Crippen LogP contribution in [0.1, 0.15) is 47.0 Å². The highest BCUT2D eigenvalue weighted by Gasteiger charge is 2.68. The minimum absolute atomic E-state index is 0.00113. The van der Waals surface area contributed by atoms with Gasteiger partial charge in [0.15, 0.2) is 4.87 Å². The Hall–Kier alpha value is -0.840. The number of rotatable bonds is 10. The number of nitrogens with one attached hydrogen (secondary N) is 1. The Labute approximate surface area is 183 Å². The van der Waals surface area contributed by atoms with E-state index in [0.717, 1.165) is 12.8 Å². The quantitative estimate of drug-likeness (QED) is 0.385. The van der Waals surface area contributed by atoms with Crippen molar-refractivity contribution in [3.63, 3.8) is 0 Å². The maximum absolute atomic E-state index is 13.2. The summed E-state index contributed by atoms with van der Waals surface area (Å²) in [6, 6.07) is 0. The summed E-state index contributed by atoms with van der Waals surface area (Å²) in [6.07, 6.45) is 1.93. The van der Waals surface area contributed by atoms with Gasteiger partial charge in [-0.25, -0.2) is 17.5 Å². The number of hydrogen-bond donors (Lipinski definition) is 1. The molecule has 1 N–H and O–H groups in total. The summed E-state index contributed by atoms with van der Waals surface area (Å²) < 4.78 is 38.5. The zero-order valence-electron chi connectivity index (χ0n) is 18.5. The smallest absolute Gasteiger partial charge is 0.338 e. The van der Waals surface area contributed by atoms with Crippen LogP contribution in [0.25, 0.3) is 0 Å². The van der Waals surface area contributed by atoms with E-state index in [2.05, 4.69) is 23.9 Å². The normalized spacial score (nSPS) is 34.2. The molecular formula is C20H34N2O6S2. The molecule has 0 radical (unpaired) electrons. The molecule has 172 valence electrons. The number of sulfonamides is 1. The number of thioether (sulfide) groups is 1. The van der Waals surface area contributed by atoms with E-state index >= 15 is 0 Å². The summed E-state index contributed by atoms with van der Waals surface area (Å²) in [5.41, 5.74) is -0.834. The van der Waals surface area contributed by atoms with Gasteiger partial charge in [0.25, 0.3) is 0 Å². The zero-order chi connectivity index (χ0) is 22.4. The van der Waals surface area contributed by atoms with Crippen LogP contribution < -0.4 is 5.32 Å². The molecule has 1 saturated heterocycles. The number of ether oxygens (including phenoxy) is 2. The third kappa shape index (κ3) is 3.89. The molecule has 2 saturated carbocycles. The predicted octanol–water partition coefficient (Wildman–Crippen LogP) is 1.60. The first-order chi connectivity index (χ1) is 14.0. The second-order valence-corrected chi connectivity index (χ2v) is 12.4. The standard InChI is InChI=1S/C20H34N2O6S2/c1-6-22(7-2)30(25,26)13-19-9-8-14(18(19,3)4)10-15(19)28-17(24)20(12-21-20)29-11-16(23)27-5/h14-15,21H,6-13H2,1-5H3/t14-,15-,19+,20-/m1/s1. The summed E-state index contributed by atoms with van der Waals surface area (Å²) in [6.45, 7) is 9.21. The van der Waals surface area contributed by atoms with Crippen LogP contribution in [0.2, 0.25) is 0 Å². The van der Waals surface area contributed by atoms with Crippen LogP contribution in [0.15, 0.2) is 0 Å². The summed E-state index contributed by atoms with van der Waals surface area (Å²) in [4.78, 5) is 23.6. The van der Waals surface area contributed by atoms with Crippen molar-refractivity contribution in [1.29, 1.82) is 0 Å². The maximum atomic E-state index is 13.2. The van der Waals surface area contributed by atoms with Gasteiger partial charge in [-0.05, 0) is 30.6 Å². The average Bonchev–Trinajstić information content (AvgIpc) is 3.41. The minimum Gasteiger partial charge on any atom is -0.468 e. The Morgan fingerprint density at radius 3 is 2.37 bits per heavy atom. The van der Waals surface area contributed by atoms with Gasteiger partial charge in [0.1, 0.15) is 6.10 Å². The van der Waals surface area contributed by atoms with Gasteiger partial charge in [-0.2, -0.15) is 0 Å². The first kappa shape index (κ1) is 23.8. The number of esters is 2. The molecule has 8 nitrogen and oxygen atoms in total. The largest absolute Gasteiger partial charge is 0.468 e. The molecule has 10 heteroatoms. The number of methoxy groups -OCH3 is 1. The van der Waals surface area contributed by atoms with Gasteiger partial charge in [-0.3, -0.25) is 10.1 Å². The maximum Gasteiger partial charge on any atom is 0.338 e. The van der Waals surface area contributed by atoms with Crippen LogP contribution in [0, 0.1) is 16.7 Å². The molecule has 4 atom stereocenters. The second kappa shape index (κ2) is 8.26. The molecule has 1 heterocycles. The van der Waals surface area contributed by atoms with Gasteiger partial charge in [0.2, 0.25) is 10.0 Å². The van der Waals surface area contributed by atoms with Gasteiger partial charge in [-0.15, -0.1) is 11.8 Å². The number of nitrogens with zero attached hydrogens (tertiary/aromatic N) is 1. The fourth-order valence-corrected chi connectivity index (χ4v) is 8.64. The molecule has 3 aliphatic rings. The highest BCUT2D eigenvalue weighted by atomic mass is 32.2. The first-order valence-corrected chi connectivity index (χ1v) is 13.2. The lowest BCUT2D eigenvalue weighted by atomic mass is 9.69. The van der Waals surface area contributed by atoms with E-state index < -0.39 is 38.4 Å². The van der Waals surface area contributed by atoms with E-state index in [1.165, 1.54) is 23.2 Å². The van der Waals surface area contributed by atoms with E-state index in [9.17, 15) is 18.0 Å². The van der Waals surface area contributed by atoms with Gasteiger partial charge in [0, 0.05) is 25.0 Å². The molecule has 0 aromatic heterocycles. The van der Waals surface area contributed by atoms with Crippen molar-refractivity contribution >= 4 is 33.7 Å². The lowest BCUT2D eigenvalue weighted by Crippen LogP contribution is -2.50. The van der Waals surface area contributed by atoms with E-state index in [0.29, 0.717) is 32.0 Å². The van der Waals surface area contributed by atoms with Crippen molar-refractivity contribution in [2.45, 2.75) is 57.9 Å². The Balaban J connectivity index is 1.79. The van der Waals surface area contributed by atoms with Crippen molar-refractivity contribution in [2.24, 2.45) is 16.7 Å². The average molecular weight is 463 g/mol. The molecule has 2 aliphatic carbocycles. The molecule has 0 unspecified atom stereocenters. The number of fused-ring (bicyclic) bond motifs is 2. The lowest BCUT2D eigenvalue weighted by molar-refractivity contribution is -0.157. The molecule has 0 spiro atoms. The Morgan fingerprint density at radius 2 is 1.87 bits per heavy atom. The zero-order valence-corrected chi connectivity index (χ0v) is 20.2. The topological polar surface area (TPSA) is 112 Å². The third-order valence-electron chi connectivity index (χ3n) is 7.64. The molecule has 3 fully saturated rings. The molecule has 2 bridgehead atoms. The molecule has 3 rings (SSSR count). The van der Waals surface area contributed by atoms with Crippen molar-refractivity contribution in [2.75, 3.05) is 38.2 Å². The monoisotopic (exact) mass is 462 g/mol. The third-order valence-corrected chi connectivity index (χ3v) is 11.1. The van der Waals surface area contributed by atoms with Gasteiger partial charge in [0.05, 0.1) is 18.6 Å². The van der Waals surface area contributed by atoms with Crippen molar-refractivity contribution in [3.05, 3.63) is 0 Å². The summed E-state index contributed by atoms with van der Waals surface area (Å²) in [5.74, 6) is -0.432. The van der Waals surface area contributed by atoms with Gasteiger partial charge in [-0.1, -0.05) is 27.7 Å². The molecule has 1 aliphatic heterocycles. The summed E-state index contributed by atoms with van der Waals surface area (Å²) >= 11 is 1.17. The molecule has 0 aromatic carbocycles. The van der Waals surface area contributed by atoms with E-state index in [-0.39, 0.29) is 16.9 Å². The van der Waals surface area contributed by atoms with Gasteiger partial charge < -0.3 is 9.47 Å². The van der Waals surface area contributed by atoms with E-state index in [1.807, 2.05) is 13.8 Å². The Bertz CT molecular complexity index is 791. The highest BCUT2D eigenvalue weighted by Crippen LogP contribution is 2.67. The lowest BCUT2D eigenvalue weighted by Gasteiger charge is -2.42. The second-order valence-electron chi connectivity index (χ2n) is 9.13. The van der Waals surface area contributed by atoms with Crippen LogP contribution in [0.5, 0.6) is 0 Å². The fourth-order valence-electron chi connectivity index (χ4n) is 5.39. The first-order valence-electron chi connectivity index (χ1n) is 10.6. The van der Waals surface area contributed by atoms with Crippen molar-refractivity contribution in [1.82, 2.24) is 9.62 Å². The van der Waals surface area contributed by atoms with Crippen LogP contribution in [0.4, 0.5) is 0 Å².